The highest BCUT2D eigenvalue weighted by atomic mass is 16.6. The molecule has 0 fully saturated rings. The summed E-state index contributed by atoms with van der Waals surface area (Å²) in [7, 11) is 0. The lowest BCUT2D eigenvalue weighted by molar-refractivity contribution is -0.384. The second-order valence-corrected chi connectivity index (χ2v) is 6.10. The van der Waals surface area contributed by atoms with E-state index in [4.69, 9.17) is 4.74 Å². The minimum atomic E-state index is -0.886. The van der Waals surface area contributed by atoms with Crippen molar-refractivity contribution in [1.29, 1.82) is 0 Å². The van der Waals surface area contributed by atoms with Gasteiger partial charge in [0.1, 0.15) is 18.5 Å². The van der Waals surface area contributed by atoms with Gasteiger partial charge in [0.25, 0.3) is 5.69 Å². The Hall–Kier alpha value is -3.39. The number of rotatable bonds is 7. The molecular formula is C19H19N3O5. The molecule has 3 rings (SSSR count). The van der Waals surface area contributed by atoms with E-state index in [1.165, 1.54) is 27.3 Å². The fourth-order valence-electron chi connectivity index (χ4n) is 2.80. The van der Waals surface area contributed by atoms with Gasteiger partial charge in [-0.15, -0.1) is 0 Å². The summed E-state index contributed by atoms with van der Waals surface area (Å²) in [5.74, 6) is 0.634. The number of aromatic nitrogens is 2. The van der Waals surface area contributed by atoms with Crippen LogP contribution in [0.25, 0.3) is 5.69 Å². The number of aliphatic hydroxyl groups excluding tert-OH is 1. The third-order valence-electron chi connectivity index (χ3n) is 4.02. The van der Waals surface area contributed by atoms with Gasteiger partial charge in [-0.05, 0) is 25.1 Å². The quantitative estimate of drug-likeness (QED) is 0.509. The highest BCUT2D eigenvalue weighted by Gasteiger charge is 2.15. The molecule has 8 heteroatoms. The van der Waals surface area contributed by atoms with Gasteiger partial charge in [0.2, 0.25) is 0 Å². The number of aryl methyl sites for hydroxylation is 1. The summed E-state index contributed by atoms with van der Waals surface area (Å²) in [5, 5.41) is 21.2. The largest absolute Gasteiger partial charge is 0.491 e. The number of non-ortho nitro benzene ring substituents is 1. The van der Waals surface area contributed by atoms with E-state index in [1.807, 2.05) is 18.2 Å². The van der Waals surface area contributed by atoms with Crippen LogP contribution < -0.4 is 10.4 Å². The number of para-hydroxylation sites is 1. The molecule has 0 amide bonds. The van der Waals surface area contributed by atoms with Crippen LogP contribution in [0.2, 0.25) is 0 Å². The molecule has 140 valence electrons. The van der Waals surface area contributed by atoms with Crippen LogP contribution in [0.1, 0.15) is 5.69 Å². The molecule has 0 bridgehead atoms. The van der Waals surface area contributed by atoms with Crippen molar-refractivity contribution in [2.24, 2.45) is 0 Å². The molecule has 0 aliphatic carbocycles. The van der Waals surface area contributed by atoms with E-state index in [1.54, 1.807) is 31.3 Å². The Bertz CT molecular complexity index is 994. The number of aliphatic hydroxyl groups is 1. The SMILES string of the molecule is Cc1cn(C[C@H](O)COc2ccccc2)c(=O)n1-c1cccc([N+](=O)[O-])c1. The lowest BCUT2D eigenvalue weighted by Gasteiger charge is -2.12. The molecule has 27 heavy (non-hydrogen) atoms. The predicted octanol–water partition coefficient (Wildman–Crippen LogP) is 2.30. The molecule has 1 atom stereocenters. The number of nitro groups is 1. The normalized spacial score (nSPS) is 11.9. The van der Waals surface area contributed by atoms with Gasteiger partial charge in [-0.25, -0.2) is 4.79 Å². The van der Waals surface area contributed by atoms with Gasteiger partial charge in [0, 0.05) is 24.0 Å². The third kappa shape index (κ3) is 4.24. The maximum Gasteiger partial charge on any atom is 0.333 e. The van der Waals surface area contributed by atoms with Crippen LogP contribution in [0.15, 0.2) is 65.6 Å². The van der Waals surface area contributed by atoms with Crippen molar-refractivity contribution in [3.63, 3.8) is 0 Å². The molecule has 2 aromatic carbocycles. The van der Waals surface area contributed by atoms with Gasteiger partial charge >= 0.3 is 5.69 Å². The van der Waals surface area contributed by atoms with Crippen molar-refractivity contribution in [2.45, 2.75) is 19.6 Å². The van der Waals surface area contributed by atoms with Crippen LogP contribution in [0.3, 0.4) is 0 Å². The van der Waals surface area contributed by atoms with Crippen LogP contribution in [0.5, 0.6) is 5.75 Å². The first-order valence-corrected chi connectivity index (χ1v) is 8.35. The van der Waals surface area contributed by atoms with E-state index in [0.29, 0.717) is 17.1 Å². The molecule has 0 saturated heterocycles. The van der Waals surface area contributed by atoms with Gasteiger partial charge in [-0.3, -0.25) is 19.2 Å². The molecule has 1 heterocycles. The fourth-order valence-corrected chi connectivity index (χ4v) is 2.80. The van der Waals surface area contributed by atoms with Crippen LogP contribution in [-0.2, 0) is 6.54 Å². The fraction of sp³-hybridized carbons (Fsp3) is 0.211. The lowest BCUT2D eigenvalue weighted by Crippen LogP contribution is -2.31. The maximum absolute atomic E-state index is 12.7. The first kappa shape index (κ1) is 18.4. The molecule has 8 nitrogen and oxygen atoms in total. The van der Waals surface area contributed by atoms with Crippen LogP contribution in [0.4, 0.5) is 5.69 Å². The van der Waals surface area contributed by atoms with E-state index in [9.17, 15) is 20.0 Å². The van der Waals surface area contributed by atoms with Crippen molar-refractivity contribution >= 4 is 5.69 Å². The van der Waals surface area contributed by atoms with E-state index >= 15 is 0 Å². The summed E-state index contributed by atoms with van der Waals surface area (Å²) in [6.07, 6.45) is 0.718. The summed E-state index contributed by atoms with van der Waals surface area (Å²) in [4.78, 5) is 23.1. The maximum atomic E-state index is 12.7. The third-order valence-corrected chi connectivity index (χ3v) is 4.02. The van der Waals surface area contributed by atoms with Crippen LogP contribution in [0, 0.1) is 17.0 Å². The molecule has 1 aromatic heterocycles. The molecule has 0 radical (unpaired) electrons. The molecule has 0 unspecified atom stereocenters. The average Bonchev–Trinajstić information content (AvgIpc) is 2.94. The van der Waals surface area contributed by atoms with Crippen molar-refractivity contribution in [1.82, 2.24) is 9.13 Å². The van der Waals surface area contributed by atoms with Gasteiger partial charge in [0.15, 0.2) is 0 Å². The zero-order valence-corrected chi connectivity index (χ0v) is 14.7. The number of nitrogens with zero attached hydrogens (tertiary/aromatic N) is 3. The number of hydrogen-bond acceptors (Lipinski definition) is 5. The Labute approximate surface area is 155 Å². The molecule has 1 N–H and O–H groups in total. The Balaban J connectivity index is 1.76. The monoisotopic (exact) mass is 369 g/mol. The molecule has 0 aliphatic rings. The average molecular weight is 369 g/mol. The molecule has 0 aliphatic heterocycles. The first-order valence-electron chi connectivity index (χ1n) is 8.35. The Morgan fingerprint density at radius 2 is 1.93 bits per heavy atom. The van der Waals surface area contributed by atoms with Crippen LogP contribution in [-0.4, -0.2) is 31.9 Å². The van der Waals surface area contributed by atoms with Gasteiger partial charge in [-0.1, -0.05) is 24.3 Å². The number of ether oxygens (including phenoxy) is 1. The van der Waals surface area contributed by atoms with E-state index < -0.39 is 11.0 Å². The first-order chi connectivity index (χ1) is 13.0. The highest BCUT2D eigenvalue weighted by molar-refractivity contribution is 5.44. The summed E-state index contributed by atoms with van der Waals surface area (Å²) in [6, 6.07) is 14.9. The zero-order chi connectivity index (χ0) is 19.4. The molecule has 0 spiro atoms. The number of nitro benzene ring substituents is 1. The smallest absolute Gasteiger partial charge is 0.333 e. The van der Waals surface area contributed by atoms with Gasteiger partial charge < -0.3 is 9.84 Å². The topological polar surface area (TPSA) is 99.5 Å². The second kappa shape index (κ2) is 7.88. The number of hydrogen-bond donors (Lipinski definition) is 1. The van der Waals surface area contributed by atoms with E-state index in [-0.39, 0.29) is 24.5 Å². The Kier molecular flexibility index (Phi) is 5.37. The molecular weight excluding hydrogens is 350 g/mol. The number of benzene rings is 2. The lowest BCUT2D eigenvalue weighted by atomic mass is 10.3. The van der Waals surface area contributed by atoms with Gasteiger partial charge in [-0.2, -0.15) is 0 Å². The summed E-state index contributed by atoms with van der Waals surface area (Å²) >= 11 is 0. The minimum absolute atomic E-state index is 0.0392. The van der Waals surface area contributed by atoms with Crippen molar-refractivity contribution in [2.75, 3.05) is 6.61 Å². The Morgan fingerprint density at radius 3 is 2.63 bits per heavy atom. The van der Waals surface area contributed by atoms with Crippen molar-refractivity contribution in [3.05, 3.63) is 87.1 Å². The summed E-state index contributed by atoms with van der Waals surface area (Å²) in [6.45, 7) is 1.81. The highest BCUT2D eigenvalue weighted by Crippen LogP contribution is 2.17. The summed E-state index contributed by atoms with van der Waals surface area (Å²) in [5.41, 5.74) is 0.534. The van der Waals surface area contributed by atoms with Crippen molar-refractivity contribution < 1.29 is 14.8 Å². The van der Waals surface area contributed by atoms with Gasteiger partial charge in [0.05, 0.1) is 17.2 Å². The van der Waals surface area contributed by atoms with Crippen molar-refractivity contribution in [3.8, 4) is 11.4 Å². The second-order valence-electron chi connectivity index (χ2n) is 6.10. The minimum Gasteiger partial charge on any atom is -0.491 e. The zero-order valence-electron chi connectivity index (χ0n) is 14.7. The standard InChI is InChI=1S/C19H19N3O5/c1-14-11-20(12-17(23)13-27-18-8-3-2-4-9-18)19(24)21(14)15-6-5-7-16(10-15)22(25)26/h2-11,17,23H,12-13H2,1H3/t17-/m0/s1. The number of imidazole rings is 1. The van der Waals surface area contributed by atoms with E-state index in [0.717, 1.165) is 0 Å². The molecule has 3 aromatic rings. The molecule has 0 saturated carbocycles. The Morgan fingerprint density at radius 1 is 1.19 bits per heavy atom. The summed E-state index contributed by atoms with van der Waals surface area (Å²) < 4.78 is 8.24. The van der Waals surface area contributed by atoms with E-state index in [2.05, 4.69) is 0 Å². The van der Waals surface area contributed by atoms with Crippen LogP contribution >= 0.6 is 0 Å². The predicted molar refractivity (Wildman–Crippen MR) is 99.4 cm³/mol.